The van der Waals surface area contributed by atoms with Gasteiger partial charge in [0, 0.05) is 49.9 Å². The van der Waals surface area contributed by atoms with Crippen molar-refractivity contribution < 1.29 is 28.8 Å². The fraction of sp³-hybridized carbons (Fsp3) is 0.414. The molecule has 0 spiro atoms. The maximum absolute atomic E-state index is 11.9. The predicted molar refractivity (Wildman–Crippen MR) is 147 cm³/mol. The minimum absolute atomic E-state index is 0.0605. The number of aromatic nitrogens is 2. The Labute approximate surface area is 227 Å². The number of anilines is 2. The van der Waals surface area contributed by atoms with E-state index in [9.17, 15) is 9.90 Å². The van der Waals surface area contributed by atoms with Crippen LogP contribution in [0.2, 0.25) is 0 Å². The highest BCUT2D eigenvalue weighted by Gasteiger charge is 2.27. The van der Waals surface area contributed by atoms with Crippen LogP contribution in [-0.2, 0) is 9.53 Å². The van der Waals surface area contributed by atoms with E-state index < -0.39 is 6.29 Å². The molecule has 1 amide bonds. The molecular weight excluding hydrogens is 500 g/mol. The van der Waals surface area contributed by atoms with Gasteiger partial charge in [-0.3, -0.25) is 4.79 Å². The van der Waals surface area contributed by atoms with Crippen LogP contribution in [0.25, 0.3) is 10.9 Å². The summed E-state index contributed by atoms with van der Waals surface area (Å²) >= 11 is 0. The summed E-state index contributed by atoms with van der Waals surface area (Å²) in [6.45, 7) is 5.35. The Kier molecular flexibility index (Phi) is 8.13. The van der Waals surface area contributed by atoms with E-state index in [1.54, 1.807) is 19.1 Å². The largest absolute Gasteiger partial charge is 0.495 e. The van der Waals surface area contributed by atoms with Gasteiger partial charge in [0.2, 0.25) is 5.91 Å². The van der Waals surface area contributed by atoms with Crippen LogP contribution < -0.4 is 19.5 Å². The lowest BCUT2D eigenvalue weighted by molar-refractivity contribution is -0.137. The molecule has 2 aliphatic heterocycles. The smallest absolute Gasteiger partial charge is 0.245 e. The molecular formula is C29H34N4O6. The third-order valence-electron chi connectivity index (χ3n) is 7.34. The van der Waals surface area contributed by atoms with E-state index in [-0.39, 0.29) is 17.9 Å². The Morgan fingerprint density at radius 2 is 1.90 bits per heavy atom. The molecule has 2 atom stereocenters. The third-order valence-corrected chi connectivity index (χ3v) is 7.34. The molecule has 5 rings (SSSR count). The van der Waals surface area contributed by atoms with Gasteiger partial charge in [0.1, 0.15) is 24.0 Å². The van der Waals surface area contributed by atoms with Crippen molar-refractivity contribution in [1.82, 2.24) is 14.9 Å². The summed E-state index contributed by atoms with van der Waals surface area (Å²) in [6.07, 6.45) is 5.08. The average molecular weight is 535 g/mol. The number of rotatable bonds is 8. The van der Waals surface area contributed by atoms with Crippen molar-refractivity contribution in [2.24, 2.45) is 0 Å². The van der Waals surface area contributed by atoms with Gasteiger partial charge in [0.15, 0.2) is 17.8 Å². The van der Waals surface area contributed by atoms with E-state index in [0.717, 1.165) is 23.8 Å². The maximum Gasteiger partial charge on any atom is 0.245 e. The van der Waals surface area contributed by atoms with Crippen LogP contribution in [0.1, 0.15) is 37.2 Å². The fourth-order valence-corrected chi connectivity index (χ4v) is 5.20. The molecule has 2 unspecified atom stereocenters. The average Bonchev–Trinajstić information content (AvgIpc) is 2.97. The highest BCUT2D eigenvalue weighted by atomic mass is 16.6. The zero-order valence-corrected chi connectivity index (χ0v) is 22.3. The van der Waals surface area contributed by atoms with Crippen molar-refractivity contribution in [1.29, 1.82) is 0 Å². The van der Waals surface area contributed by atoms with E-state index in [1.165, 1.54) is 12.4 Å². The number of piperidine rings is 1. The zero-order chi connectivity index (χ0) is 27.4. The molecule has 2 aliphatic rings. The fourth-order valence-electron chi connectivity index (χ4n) is 5.20. The van der Waals surface area contributed by atoms with Gasteiger partial charge >= 0.3 is 0 Å². The number of aliphatic hydroxyl groups excluding tert-OH is 1. The van der Waals surface area contributed by atoms with Crippen molar-refractivity contribution in [3.63, 3.8) is 0 Å². The van der Waals surface area contributed by atoms with Crippen LogP contribution in [0.15, 0.2) is 49.3 Å². The molecule has 206 valence electrons. The Balaban J connectivity index is 1.43. The van der Waals surface area contributed by atoms with Crippen LogP contribution in [0.5, 0.6) is 17.2 Å². The van der Waals surface area contributed by atoms with E-state index >= 15 is 0 Å². The van der Waals surface area contributed by atoms with Crippen molar-refractivity contribution in [2.75, 3.05) is 39.2 Å². The zero-order valence-electron chi connectivity index (χ0n) is 22.3. The first-order chi connectivity index (χ1) is 19.0. The van der Waals surface area contributed by atoms with Gasteiger partial charge in [-0.25, -0.2) is 9.97 Å². The Bertz CT molecular complexity index is 1340. The molecule has 10 nitrogen and oxygen atoms in total. The Morgan fingerprint density at radius 1 is 1.10 bits per heavy atom. The Morgan fingerprint density at radius 3 is 2.62 bits per heavy atom. The molecule has 0 saturated carbocycles. The second-order valence-electron chi connectivity index (χ2n) is 9.68. The monoisotopic (exact) mass is 534 g/mol. The molecule has 2 aromatic carbocycles. The number of nitrogens with one attached hydrogen (secondary N) is 1. The van der Waals surface area contributed by atoms with Gasteiger partial charge in [-0.05, 0) is 42.7 Å². The summed E-state index contributed by atoms with van der Waals surface area (Å²) in [5.41, 5.74) is 2.36. The predicted octanol–water partition coefficient (Wildman–Crippen LogP) is 4.16. The number of hydrogen-bond donors (Lipinski definition) is 2. The topological polar surface area (TPSA) is 115 Å². The van der Waals surface area contributed by atoms with Crippen molar-refractivity contribution in [3.05, 3.63) is 54.9 Å². The molecule has 3 heterocycles. The van der Waals surface area contributed by atoms with Gasteiger partial charge in [-0.2, -0.15) is 0 Å². The lowest BCUT2D eigenvalue weighted by Crippen LogP contribution is -2.41. The quantitative estimate of drug-likeness (QED) is 0.411. The number of likely N-dealkylation sites (tertiary alicyclic amines) is 1. The summed E-state index contributed by atoms with van der Waals surface area (Å²) in [5, 5.41) is 14.6. The molecule has 2 fully saturated rings. The number of fused-ring (bicyclic) bond motifs is 1. The molecule has 0 radical (unpaired) electrons. The standard InChI is InChI=1S/C29H34N4O6/c1-4-27(34)33-11-9-19(10-12-33)39-26-15-21-22(16-25(26)37-3)30-17-31-28(21)32-23-14-18(7-8-24(23)36-2)20-6-5-13-38-29(20)35/h4,7-8,14-17,19-20,29,35H,1,5-6,9-13H2,2-3H3,(H,30,31,32). The highest BCUT2D eigenvalue weighted by Crippen LogP contribution is 2.39. The molecule has 3 aromatic rings. The molecule has 1 aromatic heterocycles. The molecule has 10 heteroatoms. The lowest BCUT2D eigenvalue weighted by Gasteiger charge is -2.31. The number of aliphatic hydroxyl groups is 1. The summed E-state index contributed by atoms with van der Waals surface area (Å²) < 4.78 is 23.1. The summed E-state index contributed by atoms with van der Waals surface area (Å²) in [6, 6.07) is 9.51. The van der Waals surface area contributed by atoms with Crippen LogP contribution in [0.4, 0.5) is 11.5 Å². The molecule has 2 N–H and O–H groups in total. The molecule has 2 saturated heterocycles. The number of benzene rings is 2. The van der Waals surface area contributed by atoms with Gasteiger partial charge in [0.25, 0.3) is 0 Å². The first kappa shape index (κ1) is 26.7. The number of carbonyl (C=O) groups excluding carboxylic acids is 1. The van der Waals surface area contributed by atoms with Crippen molar-refractivity contribution in [2.45, 2.75) is 44.0 Å². The van der Waals surface area contributed by atoms with Gasteiger partial charge in [0.05, 0.1) is 25.4 Å². The molecule has 0 aliphatic carbocycles. The highest BCUT2D eigenvalue weighted by molar-refractivity contribution is 5.93. The number of nitrogens with zero attached hydrogens (tertiary/aromatic N) is 3. The van der Waals surface area contributed by atoms with Gasteiger partial charge in [-0.1, -0.05) is 12.6 Å². The normalized spacial score (nSPS) is 19.9. The van der Waals surface area contributed by atoms with Gasteiger partial charge < -0.3 is 34.3 Å². The van der Waals surface area contributed by atoms with Crippen LogP contribution in [0.3, 0.4) is 0 Å². The van der Waals surface area contributed by atoms with Crippen molar-refractivity contribution >= 4 is 28.3 Å². The minimum Gasteiger partial charge on any atom is -0.495 e. The number of ether oxygens (including phenoxy) is 4. The van der Waals surface area contributed by atoms with Gasteiger partial charge in [-0.15, -0.1) is 0 Å². The first-order valence-corrected chi connectivity index (χ1v) is 13.2. The summed E-state index contributed by atoms with van der Waals surface area (Å²) in [7, 11) is 3.21. The summed E-state index contributed by atoms with van der Waals surface area (Å²) in [4.78, 5) is 22.7. The van der Waals surface area contributed by atoms with Crippen LogP contribution in [-0.4, -0.2) is 72.2 Å². The number of methoxy groups -OCH3 is 2. The minimum atomic E-state index is -0.839. The number of amides is 1. The van der Waals surface area contributed by atoms with E-state index in [2.05, 4.69) is 21.9 Å². The van der Waals surface area contributed by atoms with E-state index in [0.29, 0.717) is 66.8 Å². The van der Waals surface area contributed by atoms with E-state index in [1.807, 2.05) is 30.3 Å². The van der Waals surface area contributed by atoms with E-state index in [4.69, 9.17) is 18.9 Å². The third kappa shape index (κ3) is 5.76. The van der Waals surface area contributed by atoms with Crippen molar-refractivity contribution in [3.8, 4) is 17.2 Å². The molecule has 39 heavy (non-hydrogen) atoms. The second kappa shape index (κ2) is 11.9. The van der Waals surface area contributed by atoms with Crippen LogP contribution in [0, 0.1) is 0 Å². The number of carbonyl (C=O) groups is 1. The lowest BCUT2D eigenvalue weighted by atomic mass is 9.91. The molecule has 0 bridgehead atoms. The first-order valence-electron chi connectivity index (χ1n) is 13.2. The SMILES string of the molecule is C=CC(=O)N1CCC(Oc2cc3c(Nc4cc(C5CCCOC5O)ccc4OC)ncnc3cc2OC)CC1. The second-order valence-corrected chi connectivity index (χ2v) is 9.68. The number of hydrogen-bond acceptors (Lipinski definition) is 9. The maximum atomic E-state index is 11.9. The summed E-state index contributed by atoms with van der Waals surface area (Å²) in [5.74, 6) is 2.19. The Hall–Kier alpha value is -3.89. The van der Waals surface area contributed by atoms with Crippen LogP contribution >= 0.6 is 0 Å².